The Bertz CT molecular complexity index is 325. The lowest BCUT2D eigenvalue weighted by atomic mass is 10.1. The molecule has 0 aliphatic carbocycles. The van der Waals surface area contributed by atoms with Crippen molar-refractivity contribution in [2.75, 3.05) is 7.05 Å². The highest BCUT2D eigenvalue weighted by Crippen LogP contribution is 2.25. The average Bonchev–Trinajstić information content (AvgIpc) is 2.14. The van der Waals surface area contributed by atoms with Crippen LogP contribution in [0, 0.1) is 0 Å². The highest BCUT2D eigenvalue weighted by atomic mass is 19.4. The molecule has 0 amide bonds. The van der Waals surface area contributed by atoms with Crippen molar-refractivity contribution in [3.8, 4) is 5.75 Å². The van der Waals surface area contributed by atoms with Crippen molar-refractivity contribution in [3.63, 3.8) is 0 Å². The first kappa shape index (κ1) is 11.8. The Balaban J connectivity index is 2.83. The van der Waals surface area contributed by atoms with Gasteiger partial charge in [0, 0.05) is 6.04 Å². The fraction of sp³-hybridized carbons (Fsp3) is 0.400. The topological polar surface area (TPSA) is 21.3 Å². The molecule has 0 spiro atoms. The average molecular weight is 219 g/mol. The summed E-state index contributed by atoms with van der Waals surface area (Å²) >= 11 is 0. The molecule has 1 aromatic rings. The zero-order valence-corrected chi connectivity index (χ0v) is 8.43. The van der Waals surface area contributed by atoms with E-state index >= 15 is 0 Å². The second-order valence-electron chi connectivity index (χ2n) is 3.13. The standard InChI is InChI=1S/C10H12F3NO/c1-7(14-2)8-4-3-5-9(6-8)15-10(11,12)13/h3-7,14H,1-2H3/t7-/m0/s1. The minimum Gasteiger partial charge on any atom is -0.406 e. The number of benzene rings is 1. The fourth-order valence-electron chi connectivity index (χ4n) is 1.15. The normalized spacial score (nSPS) is 13.7. The Morgan fingerprint density at radius 2 is 2.00 bits per heavy atom. The van der Waals surface area contributed by atoms with Crippen LogP contribution in [-0.2, 0) is 0 Å². The summed E-state index contributed by atoms with van der Waals surface area (Å²) in [4.78, 5) is 0. The van der Waals surface area contributed by atoms with Crippen molar-refractivity contribution < 1.29 is 17.9 Å². The highest BCUT2D eigenvalue weighted by molar-refractivity contribution is 5.30. The van der Waals surface area contributed by atoms with Crippen molar-refractivity contribution >= 4 is 0 Å². The Morgan fingerprint density at radius 1 is 1.33 bits per heavy atom. The molecule has 0 heterocycles. The van der Waals surface area contributed by atoms with Gasteiger partial charge in [-0.3, -0.25) is 0 Å². The lowest BCUT2D eigenvalue weighted by Crippen LogP contribution is -2.18. The van der Waals surface area contributed by atoms with Crippen molar-refractivity contribution in [1.82, 2.24) is 5.32 Å². The van der Waals surface area contributed by atoms with E-state index in [2.05, 4.69) is 10.1 Å². The molecule has 84 valence electrons. The van der Waals surface area contributed by atoms with Crippen LogP contribution in [0.1, 0.15) is 18.5 Å². The van der Waals surface area contributed by atoms with Crippen molar-refractivity contribution in [1.29, 1.82) is 0 Å². The lowest BCUT2D eigenvalue weighted by molar-refractivity contribution is -0.274. The SMILES string of the molecule is CN[C@@H](C)c1cccc(OC(F)(F)F)c1. The number of ether oxygens (including phenoxy) is 1. The van der Waals surface area contributed by atoms with Gasteiger partial charge in [0.15, 0.2) is 0 Å². The summed E-state index contributed by atoms with van der Waals surface area (Å²) in [6, 6.07) is 5.91. The molecule has 1 rings (SSSR count). The second-order valence-corrected chi connectivity index (χ2v) is 3.13. The number of halogens is 3. The molecule has 0 unspecified atom stereocenters. The van der Waals surface area contributed by atoms with Gasteiger partial charge in [-0.2, -0.15) is 0 Å². The zero-order chi connectivity index (χ0) is 11.5. The summed E-state index contributed by atoms with van der Waals surface area (Å²) in [7, 11) is 1.74. The van der Waals surface area contributed by atoms with E-state index in [9.17, 15) is 13.2 Å². The van der Waals surface area contributed by atoms with Crippen LogP contribution in [0.5, 0.6) is 5.75 Å². The minimum absolute atomic E-state index is 0.0122. The molecule has 15 heavy (non-hydrogen) atoms. The fourth-order valence-corrected chi connectivity index (χ4v) is 1.15. The molecular weight excluding hydrogens is 207 g/mol. The summed E-state index contributed by atoms with van der Waals surface area (Å²) < 4.78 is 39.6. The molecule has 1 aromatic carbocycles. The molecule has 0 aromatic heterocycles. The second kappa shape index (κ2) is 4.53. The number of rotatable bonds is 3. The van der Waals surface area contributed by atoms with E-state index in [1.807, 2.05) is 6.92 Å². The summed E-state index contributed by atoms with van der Waals surface area (Å²) in [5.41, 5.74) is 0.749. The molecule has 0 saturated heterocycles. The van der Waals surface area contributed by atoms with E-state index in [1.165, 1.54) is 18.2 Å². The van der Waals surface area contributed by atoms with Gasteiger partial charge in [0.1, 0.15) is 5.75 Å². The molecule has 0 aliphatic rings. The molecule has 0 saturated carbocycles. The maximum atomic E-state index is 11.9. The van der Waals surface area contributed by atoms with Gasteiger partial charge in [-0.05, 0) is 31.7 Å². The summed E-state index contributed by atoms with van der Waals surface area (Å²) in [5, 5.41) is 2.93. The first-order valence-corrected chi connectivity index (χ1v) is 4.45. The van der Waals surface area contributed by atoms with E-state index in [-0.39, 0.29) is 11.8 Å². The molecule has 2 nitrogen and oxygen atoms in total. The van der Waals surface area contributed by atoms with E-state index < -0.39 is 6.36 Å². The van der Waals surface area contributed by atoms with Gasteiger partial charge >= 0.3 is 6.36 Å². The predicted octanol–water partition coefficient (Wildman–Crippen LogP) is 2.87. The van der Waals surface area contributed by atoms with Gasteiger partial charge in [-0.25, -0.2) is 0 Å². The Morgan fingerprint density at radius 3 is 2.53 bits per heavy atom. The van der Waals surface area contributed by atoms with E-state index in [4.69, 9.17) is 0 Å². The van der Waals surface area contributed by atoms with Crippen LogP contribution in [0.15, 0.2) is 24.3 Å². The Labute approximate surface area is 86.1 Å². The summed E-state index contributed by atoms with van der Waals surface area (Å²) in [6.45, 7) is 1.85. The van der Waals surface area contributed by atoms with Crippen LogP contribution in [-0.4, -0.2) is 13.4 Å². The smallest absolute Gasteiger partial charge is 0.406 e. The zero-order valence-electron chi connectivity index (χ0n) is 8.43. The Kier molecular flexibility index (Phi) is 3.57. The van der Waals surface area contributed by atoms with Gasteiger partial charge in [-0.1, -0.05) is 12.1 Å². The largest absolute Gasteiger partial charge is 0.573 e. The number of hydrogen-bond donors (Lipinski definition) is 1. The van der Waals surface area contributed by atoms with Gasteiger partial charge in [0.05, 0.1) is 0 Å². The van der Waals surface area contributed by atoms with Crippen molar-refractivity contribution in [2.45, 2.75) is 19.3 Å². The molecule has 1 N–H and O–H groups in total. The van der Waals surface area contributed by atoms with Crippen LogP contribution in [0.4, 0.5) is 13.2 Å². The van der Waals surface area contributed by atoms with E-state index in [0.717, 1.165) is 5.56 Å². The number of alkyl halides is 3. The van der Waals surface area contributed by atoms with Gasteiger partial charge < -0.3 is 10.1 Å². The molecule has 0 bridgehead atoms. The molecule has 1 atom stereocenters. The predicted molar refractivity (Wildman–Crippen MR) is 50.6 cm³/mol. The monoisotopic (exact) mass is 219 g/mol. The maximum Gasteiger partial charge on any atom is 0.573 e. The van der Waals surface area contributed by atoms with Gasteiger partial charge in [0.25, 0.3) is 0 Å². The Hall–Kier alpha value is -1.23. The van der Waals surface area contributed by atoms with Crippen LogP contribution in [0.25, 0.3) is 0 Å². The third-order valence-electron chi connectivity index (χ3n) is 2.02. The van der Waals surface area contributed by atoms with E-state index in [0.29, 0.717) is 0 Å². The van der Waals surface area contributed by atoms with Crippen LogP contribution >= 0.6 is 0 Å². The first-order chi connectivity index (χ1) is 6.92. The maximum absolute atomic E-state index is 11.9. The number of hydrogen-bond acceptors (Lipinski definition) is 2. The van der Waals surface area contributed by atoms with Crippen LogP contribution < -0.4 is 10.1 Å². The molecule has 0 aliphatic heterocycles. The van der Waals surface area contributed by atoms with Crippen molar-refractivity contribution in [2.24, 2.45) is 0 Å². The van der Waals surface area contributed by atoms with Gasteiger partial charge in [-0.15, -0.1) is 13.2 Å². The highest BCUT2D eigenvalue weighted by Gasteiger charge is 2.31. The van der Waals surface area contributed by atoms with Crippen LogP contribution in [0.2, 0.25) is 0 Å². The third-order valence-corrected chi connectivity index (χ3v) is 2.02. The summed E-state index contributed by atoms with van der Waals surface area (Å²) in [5.74, 6) is -0.192. The molecule has 5 heteroatoms. The molecule has 0 radical (unpaired) electrons. The molecular formula is C10H12F3NO. The first-order valence-electron chi connectivity index (χ1n) is 4.45. The number of nitrogens with one attached hydrogen (secondary N) is 1. The summed E-state index contributed by atoms with van der Waals surface area (Å²) in [6.07, 6.45) is -4.64. The van der Waals surface area contributed by atoms with Gasteiger partial charge in [0.2, 0.25) is 0 Å². The van der Waals surface area contributed by atoms with Crippen molar-refractivity contribution in [3.05, 3.63) is 29.8 Å². The van der Waals surface area contributed by atoms with E-state index in [1.54, 1.807) is 13.1 Å². The minimum atomic E-state index is -4.64. The third kappa shape index (κ3) is 3.79. The van der Waals surface area contributed by atoms with Crippen LogP contribution in [0.3, 0.4) is 0 Å². The quantitative estimate of drug-likeness (QED) is 0.844. The lowest BCUT2D eigenvalue weighted by Gasteiger charge is -2.13. The molecule has 0 fully saturated rings.